The Bertz CT molecular complexity index is 1100. The molecule has 11 nitrogen and oxygen atoms in total. The molecule has 252 valence electrons. The zero-order valence-corrected chi connectivity index (χ0v) is 27.8. The molecule has 3 saturated carbocycles. The highest BCUT2D eigenvalue weighted by molar-refractivity contribution is 6.38. The van der Waals surface area contributed by atoms with Crippen LogP contribution in [-0.4, -0.2) is 78.0 Å². The van der Waals surface area contributed by atoms with E-state index in [2.05, 4.69) is 21.3 Å². The summed E-state index contributed by atoms with van der Waals surface area (Å²) in [6, 6.07) is -2.86. The molecule has 0 aromatic rings. The zero-order chi connectivity index (χ0) is 32.7. The minimum absolute atomic E-state index is 0.0186. The second-order valence-electron chi connectivity index (χ2n) is 15.0. The van der Waals surface area contributed by atoms with Crippen LogP contribution in [0.4, 0.5) is 0 Å². The molecule has 1 aliphatic heterocycles. The molecule has 1 heterocycles. The summed E-state index contributed by atoms with van der Waals surface area (Å²) in [6.07, 6.45) is 12.2. The molecule has 4 fully saturated rings. The third-order valence-electron chi connectivity index (χ3n) is 10.2. The fourth-order valence-electron chi connectivity index (χ4n) is 7.07. The maximum absolute atomic E-state index is 14.2. The lowest BCUT2D eigenvalue weighted by atomic mass is 9.83. The molecular formula is C34H55N5O6. The fraction of sp³-hybridized carbons (Fsp3) is 0.824. The van der Waals surface area contributed by atoms with E-state index >= 15 is 0 Å². The molecule has 0 aromatic carbocycles. The minimum Gasteiger partial charge on any atom is -0.356 e. The largest absolute Gasteiger partial charge is 0.356 e. The first kappa shape index (κ1) is 34.9. The number of piperidine rings is 1. The lowest BCUT2D eigenvalue weighted by Gasteiger charge is -2.37. The number of nitrogens with zero attached hydrogens (tertiary/aromatic N) is 1. The predicted octanol–water partition coefficient (Wildman–Crippen LogP) is 2.75. The molecule has 0 unspecified atom stereocenters. The van der Waals surface area contributed by atoms with Crippen LogP contribution in [-0.2, 0) is 28.8 Å². The van der Waals surface area contributed by atoms with Crippen LogP contribution in [0.15, 0.2) is 0 Å². The number of amides is 5. The zero-order valence-electron chi connectivity index (χ0n) is 27.8. The summed E-state index contributed by atoms with van der Waals surface area (Å²) in [5.41, 5.74) is -0.686. The first-order valence-electron chi connectivity index (χ1n) is 17.4. The Balaban J connectivity index is 1.57. The van der Waals surface area contributed by atoms with Gasteiger partial charge in [-0.15, -0.1) is 0 Å². The summed E-state index contributed by atoms with van der Waals surface area (Å²) in [5.74, 6) is -3.02. The van der Waals surface area contributed by atoms with Crippen LogP contribution < -0.4 is 21.3 Å². The molecule has 0 radical (unpaired) electrons. The smallest absolute Gasteiger partial charge is 0.289 e. The van der Waals surface area contributed by atoms with E-state index in [1.807, 2.05) is 20.8 Å². The van der Waals surface area contributed by atoms with Crippen molar-refractivity contribution < 1.29 is 28.8 Å². The van der Waals surface area contributed by atoms with Gasteiger partial charge in [-0.25, -0.2) is 0 Å². The molecule has 45 heavy (non-hydrogen) atoms. The van der Waals surface area contributed by atoms with Gasteiger partial charge in [0.2, 0.25) is 29.4 Å². The van der Waals surface area contributed by atoms with Crippen molar-refractivity contribution in [3.05, 3.63) is 0 Å². The summed E-state index contributed by atoms with van der Waals surface area (Å²) < 4.78 is 0. The molecule has 4 aliphatic rings. The van der Waals surface area contributed by atoms with Crippen molar-refractivity contribution in [2.24, 2.45) is 23.2 Å². The molecule has 0 aromatic heterocycles. The van der Waals surface area contributed by atoms with Crippen LogP contribution in [0.5, 0.6) is 0 Å². The van der Waals surface area contributed by atoms with Gasteiger partial charge < -0.3 is 26.2 Å². The van der Waals surface area contributed by atoms with Crippen molar-refractivity contribution in [2.75, 3.05) is 13.6 Å². The normalized spacial score (nSPS) is 23.3. The highest BCUT2D eigenvalue weighted by Crippen LogP contribution is 2.32. The second-order valence-corrected chi connectivity index (χ2v) is 15.0. The summed E-state index contributed by atoms with van der Waals surface area (Å²) in [4.78, 5) is 82.0. The summed E-state index contributed by atoms with van der Waals surface area (Å²) in [5, 5.41) is 11.4. The molecule has 3 aliphatic carbocycles. The van der Waals surface area contributed by atoms with E-state index in [1.165, 1.54) is 4.90 Å². The molecular weight excluding hydrogens is 574 g/mol. The van der Waals surface area contributed by atoms with Gasteiger partial charge in [0.15, 0.2) is 0 Å². The molecule has 11 heteroatoms. The maximum Gasteiger partial charge on any atom is 0.289 e. The second kappa shape index (κ2) is 15.5. The lowest BCUT2D eigenvalue weighted by molar-refractivity contribution is -0.146. The maximum atomic E-state index is 14.2. The number of carbonyl (C=O) groups excluding carboxylic acids is 6. The van der Waals surface area contributed by atoms with Crippen molar-refractivity contribution in [3.63, 3.8) is 0 Å². The van der Waals surface area contributed by atoms with E-state index in [0.29, 0.717) is 19.4 Å². The van der Waals surface area contributed by atoms with Crippen molar-refractivity contribution >= 4 is 35.3 Å². The number of likely N-dealkylation sites (N-methyl/N-ethyl adjacent to an activating group) is 1. The predicted molar refractivity (Wildman–Crippen MR) is 170 cm³/mol. The molecule has 4 rings (SSSR count). The van der Waals surface area contributed by atoms with Crippen LogP contribution in [0.1, 0.15) is 117 Å². The number of nitrogens with one attached hydrogen (secondary N) is 4. The van der Waals surface area contributed by atoms with Crippen LogP contribution in [0.2, 0.25) is 0 Å². The van der Waals surface area contributed by atoms with Crippen LogP contribution >= 0.6 is 0 Å². The first-order chi connectivity index (χ1) is 21.3. The van der Waals surface area contributed by atoms with Gasteiger partial charge in [-0.2, -0.15) is 0 Å². The van der Waals surface area contributed by atoms with Crippen LogP contribution in [0, 0.1) is 23.2 Å². The third-order valence-corrected chi connectivity index (χ3v) is 10.2. The van der Waals surface area contributed by atoms with Crippen molar-refractivity contribution in [1.29, 1.82) is 0 Å². The number of carbonyl (C=O) groups is 6. The number of Topliss-reactive ketones (excluding diaryl/α,β-unsaturated/α-hetero) is 1. The van der Waals surface area contributed by atoms with E-state index < -0.39 is 47.1 Å². The van der Waals surface area contributed by atoms with E-state index in [1.54, 1.807) is 7.05 Å². The van der Waals surface area contributed by atoms with Crippen molar-refractivity contribution in [3.8, 4) is 0 Å². The number of hydrogen-bond donors (Lipinski definition) is 4. The van der Waals surface area contributed by atoms with Gasteiger partial charge in [-0.05, 0) is 63.2 Å². The van der Waals surface area contributed by atoms with Gasteiger partial charge in [0.1, 0.15) is 12.1 Å². The van der Waals surface area contributed by atoms with Crippen LogP contribution in [0.25, 0.3) is 0 Å². The van der Waals surface area contributed by atoms with E-state index in [-0.39, 0.29) is 42.0 Å². The number of hydrogen-bond acceptors (Lipinski definition) is 6. The van der Waals surface area contributed by atoms with E-state index in [4.69, 9.17) is 0 Å². The fourth-order valence-corrected chi connectivity index (χ4v) is 7.07. The molecule has 4 N–H and O–H groups in total. The van der Waals surface area contributed by atoms with Crippen molar-refractivity contribution in [2.45, 2.75) is 141 Å². The molecule has 1 saturated heterocycles. The minimum atomic E-state index is -1.19. The number of ketones is 1. The Kier molecular flexibility index (Phi) is 12.0. The van der Waals surface area contributed by atoms with Crippen molar-refractivity contribution in [1.82, 2.24) is 26.2 Å². The Morgan fingerprint density at radius 3 is 2.09 bits per heavy atom. The van der Waals surface area contributed by atoms with E-state index in [9.17, 15) is 28.8 Å². The topological polar surface area (TPSA) is 154 Å². The van der Waals surface area contributed by atoms with Crippen LogP contribution in [0.3, 0.4) is 0 Å². The number of rotatable bonds is 13. The molecule has 5 amide bonds. The highest BCUT2D eigenvalue weighted by atomic mass is 16.2. The Hall–Kier alpha value is -2.98. The van der Waals surface area contributed by atoms with Gasteiger partial charge in [0.25, 0.3) is 5.91 Å². The average Bonchev–Trinajstić information content (AvgIpc) is 3.66. The molecule has 4 atom stereocenters. The van der Waals surface area contributed by atoms with Gasteiger partial charge in [0.05, 0.1) is 6.04 Å². The molecule has 0 spiro atoms. The monoisotopic (exact) mass is 629 g/mol. The summed E-state index contributed by atoms with van der Waals surface area (Å²) in [7, 11) is 1.62. The van der Waals surface area contributed by atoms with E-state index in [0.717, 1.165) is 77.0 Å². The van der Waals surface area contributed by atoms with Gasteiger partial charge in [-0.1, -0.05) is 65.7 Å². The average molecular weight is 630 g/mol. The summed E-state index contributed by atoms with van der Waals surface area (Å²) >= 11 is 0. The van der Waals surface area contributed by atoms with Gasteiger partial charge >= 0.3 is 0 Å². The Morgan fingerprint density at radius 1 is 0.844 bits per heavy atom. The summed E-state index contributed by atoms with van der Waals surface area (Å²) in [6.45, 7) is 5.99. The Morgan fingerprint density at radius 2 is 1.49 bits per heavy atom. The molecule has 0 bridgehead atoms. The van der Waals surface area contributed by atoms with Gasteiger partial charge in [0, 0.05) is 31.0 Å². The SMILES string of the molecule is CN(C(=O)[C@H](NC(=O)C(C)(C)C)C1CCCC1)[C@@H](CC1CCCCC1)C(=O)N[C@@H](C[C@@H]1CCCNC1=O)C(=O)C(=O)NC1CC1. The lowest BCUT2D eigenvalue weighted by Crippen LogP contribution is -2.59. The quantitative estimate of drug-likeness (QED) is 0.230. The van der Waals surface area contributed by atoms with Gasteiger partial charge in [-0.3, -0.25) is 28.8 Å². The first-order valence-corrected chi connectivity index (χ1v) is 17.4. The third kappa shape index (κ3) is 9.75. The Labute approximate surface area is 268 Å². The standard InChI is InChI=1S/C34H55N5O6/c1-34(2,3)33(45)38-27(22-13-8-9-14-22)32(44)39(4)26(19-21-11-6-5-7-12-21)30(42)37-25(20-23-15-10-18-35-29(23)41)28(40)31(43)36-24-16-17-24/h21-27H,5-20H2,1-4H3,(H,35,41)(H,36,43)(H,37,42)(H,38,45)/t23-,25-,26-,27+/m0/s1. The highest BCUT2D eigenvalue weighted by Gasteiger charge is 2.42.